The van der Waals surface area contributed by atoms with Crippen molar-refractivity contribution in [2.75, 3.05) is 5.73 Å². The second kappa shape index (κ2) is 4.75. The van der Waals surface area contributed by atoms with E-state index in [1.54, 1.807) is 18.3 Å². The molecule has 0 radical (unpaired) electrons. The molecule has 0 saturated carbocycles. The molecule has 3 rings (SSSR count). The van der Waals surface area contributed by atoms with E-state index in [4.69, 9.17) is 17.3 Å². The van der Waals surface area contributed by atoms with Crippen molar-refractivity contribution >= 4 is 29.2 Å². The molecule has 2 heterocycles. The van der Waals surface area contributed by atoms with Crippen LogP contribution in [0.2, 0.25) is 5.02 Å². The molecule has 3 aromatic rings. The van der Waals surface area contributed by atoms with Gasteiger partial charge in [-0.1, -0.05) is 23.7 Å². The number of halogens is 1. The lowest BCUT2D eigenvalue weighted by atomic mass is 9.98. The van der Waals surface area contributed by atoms with E-state index >= 15 is 0 Å². The summed E-state index contributed by atoms with van der Waals surface area (Å²) in [4.78, 5) is 15.5. The number of rotatable bonds is 2. The molecule has 0 amide bonds. The number of fused-ring (bicyclic) bond motifs is 1. The molecule has 0 atom stereocenters. The normalized spacial score (nSPS) is 11.0. The van der Waals surface area contributed by atoms with Gasteiger partial charge in [0.25, 0.3) is 0 Å². The number of carbonyl (C=O) groups is 1. The number of hydrogen-bond donors (Lipinski definition) is 2. The second-order valence-corrected chi connectivity index (χ2v) is 5.00. The second-order valence-electron chi connectivity index (χ2n) is 4.59. The molecule has 0 unspecified atom stereocenters. The first-order valence-electron chi connectivity index (χ1n) is 6.12. The third kappa shape index (κ3) is 2.19. The summed E-state index contributed by atoms with van der Waals surface area (Å²) < 4.78 is 1.46. The fourth-order valence-corrected chi connectivity index (χ4v) is 2.41. The summed E-state index contributed by atoms with van der Waals surface area (Å²) >= 11 is 6.12. The smallest absolute Gasteiger partial charge is 0.336 e. The number of pyridine rings is 1. The lowest BCUT2D eigenvalue weighted by molar-refractivity contribution is 0.0697. The number of aromatic nitrogens is 3. The average molecular weight is 303 g/mol. The number of carboxylic acid groups (broad SMARTS) is 1. The van der Waals surface area contributed by atoms with Crippen molar-refractivity contribution in [3.05, 3.63) is 46.6 Å². The highest BCUT2D eigenvalue weighted by Gasteiger charge is 2.17. The van der Waals surface area contributed by atoms with Crippen molar-refractivity contribution in [3.63, 3.8) is 0 Å². The monoisotopic (exact) mass is 302 g/mol. The van der Waals surface area contributed by atoms with E-state index in [2.05, 4.69) is 10.1 Å². The minimum absolute atomic E-state index is 0.0892. The minimum atomic E-state index is -1.05. The van der Waals surface area contributed by atoms with Crippen LogP contribution in [0, 0.1) is 6.92 Å². The number of anilines is 1. The van der Waals surface area contributed by atoms with Gasteiger partial charge in [0.05, 0.1) is 5.56 Å². The molecule has 0 aliphatic rings. The molecule has 21 heavy (non-hydrogen) atoms. The Kier molecular flexibility index (Phi) is 3.03. The first-order valence-corrected chi connectivity index (χ1v) is 6.50. The van der Waals surface area contributed by atoms with Crippen LogP contribution in [0.1, 0.15) is 15.9 Å². The van der Waals surface area contributed by atoms with Crippen LogP contribution < -0.4 is 5.73 Å². The van der Waals surface area contributed by atoms with Crippen LogP contribution in [0.15, 0.2) is 30.5 Å². The molecular formula is C14H11ClN4O2. The van der Waals surface area contributed by atoms with Crippen LogP contribution in [0.4, 0.5) is 5.95 Å². The van der Waals surface area contributed by atoms with E-state index in [1.807, 2.05) is 13.0 Å². The number of benzene rings is 1. The maximum Gasteiger partial charge on any atom is 0.336 e. The minimum Gasteiger partial charge on any atom is -0.478 e. The zero-order valence-corrected chi connectivity index (χ0v) is 11.8. The lowest BCUT2D eigenvalue weighted by Crippen LogP contribution is -2.03. The van der Waals surface area contributed by atoms with Crippen molar-refractivity contribution in [2.24, 2.45) is 0 Å². The van der Waals surface area contributed by atoms with Gasteiger partial charge in [-0.05, 0) is 30.2 Å². The Labute approximate surface area is 124 Å². The maximum absolute atomic E-state index is 11.5. The zero-order valence-electron chi connectivity index (χ0n) is 11.0. The highest BCUT2D eigenvalue weighted by Crippen LogP contribution is 2.31. The summed E-state index contributed by atoms with van der Waals surface area (Å²) in [5.41, 5.74) is 8.10. The Morgan fingerprint density at radius 1 is 1.38 bits per heavy atom. The third-order valence-corrected chi connectivity index (χ3v) is 3.69. The van der Waals surface area contributed by atoms with E-state index in [9.17, 15) is 9.90 Å². The van der Waals surface area contributed by atoms with Gasteiger partial charge in [-0.3, -0.25) is 0 Å². The Morgan fingerprint density at radius 2 is 2.14 bits per heavy atom. The topological polar surface area (TPSA) is 93.5 Å². The fourth-order valence-electron chi connectivity index (χ4n) is 2.24. The number of nitrogens with zero attached hydrogens (tertiary/aromatic N) is 3. The molecular weight excluding hydrogens is 292 g/mol. The third-order valence-electron chi connectivity index (χ3n) is 3.28. The van der Waals surface area contributed by atoms with Crippen LogP contribution >= 0.6 is 11.6 Å². The van der Waals surface area contributed by atoms with Gasteiger partial charge in [0.15, 0.2) is 5.65 Å². The van der Waals surface area contributed by atoms with Gasteiger partial charge in [-0.2, -0.15) is 4.98 Å². The molecule has 0 saturated heterocycles. The molecule has 106 valence electrons. The van der Waals surface area contributed by atoms with Crippen molar-refractivity contribution in [1.29, 1.82) is 0 Å². The van der Waals surface area contributed by atoms with Gasteiger partial charge in [-0.25, -0.2) is 9.31 Å². The number of hydrogen-bond acceptors (Lipinski definition) is 4. The largest absolute Gasteiger partial charge is 0.478 e. The summed E-state index contributed by atoms with van der Waals surface area (Å²) in [7, 11) is 0. The van der Waals surface area contributed by atoms with E-state index in [1.165, 1.54) is 10.6 Å². The summed E-state index contributed by atoms with van der Waals surface area (Å²) in [5, 5.41) is 14.0. The van der Waals surface area contributed by atoms with E-state index in [0.29, 0.717) is 16.2 Å². The van der Waals surface area contributed by atoms with Crippen LogP contribution in [0.3, 0.4) is 0 Å². The lowest BCUT2D eigenvalue weighted by Gasteiger charge is -2.11. The highest BCUT2D eigenvalue weighted by molar-refractivity contribution is 6.31. The first kappa shape index (κ1) is 13.4. The average Bonchev–Trinajstić information content (AvgIpc) is 2.79. The van der Waals surface area contributed by atoms with E-state index in [-0.39, 0.29) is 11.5 Å². The zero-order chi connectivity index (χ0) is 15.1. The summed E-state index contributed by atoms with van der Waals surface area (Å²) in [6.07, 6.45) is 1.60. The van der Waals surface area contributed by atoms with Gasteiger partial charge < -0.3 is 10.8 Å². The van der Waals surface area contributed by atoms with Gasteiger partial charge in [0, 0.05) is 16.8 Å². The molecule has 0 bridgehead atoms. The van der Waals surface area contributed by atoms with Crippen molar-refractivity contribution < 1.29 is 9.90 Å². The standard InChI is InChI=1S/C14H11ClN4O2/c1-7-8(3-2-4-11(7)15)10-6-19-12(17-14(16)18-19)5-9(10)13(20)21/h2-6H,1H3,(H2,16,18)(H,20,21). The Balaban J connectivity index is 2.36. The highest BCUT2D eigenvalue weighted by atomic mass is 35.5. The van der Waals surface area contributed by atoms with Gasteiger partial charge in [0.2, 0.25) is 5.95 Å². The molecule has 0 spiro atoms. The van der Waals surface area contributed by atoms with Gasteiger partial charge >= 0.3 is 5.97 Å². The number of nitrogen functional groups attached to an aromatic ring is 1. The molecule has 2 aromatic heterocycles. The maximum atomic E-state index is 11.5. The number of nitrogens with two attached hydrogens (primary N) is 1. The Bertz CT molecular complexity index is 873. The summed E-state index contributed by atoms with van der Waals surface area (Å²) in [6, 6.07) is 6.79. The molecule has 6 nitrogen and oxygen atoms in total. The Hall–Kier alpha value is -2.60. The molecule has 0 aliphatic carbocycles. The van der Waals surface area contributed by atoms with E-state index < -0.39 is 5.97 Å². The van der Waals surface area contributed by atoms with Crippen molar-refractivity contribution in [3.8, 4) is 11.1 Å². The summed E-state index contributed by atoms with van der Waals surface area (Å²) in [6.45, 7) is 1.84. The Morgan fingerprint density at radius 3 is 2.86 bits per heavy atom. The number of carboxylic acids is 1. The molecule has 0 aliphatic heterocycles. The van der Waals surface area contributed by atoms with Crippen LogP contribution in [-0.4, -0.2) is 25.7 Å². The van der Waals surface area contributed by atoms with E-state index in [0.717, 1.165) is 11.1 Å². The van der Waals surface area contributed by atoms with Crippen LogP contribution in [-0.2, 0) is 0 Å². The molecule has 1 aromatic carbocycles. The van der Waals surface area contributed by atoms with Crippen LogP contribution in [0.5, 0.6) is 0 Å². The summed E-state index contributed by atoms with van der Waals surface area (Å²) in [5.74, 6) is -0.959. The SMILES string of the molecule is Cc1c(Cl)cccc1-c1cn2nc(N)nc2cc1C(=O)O. The van der Waals surface area contributed by atoms with Gasteiger partial charge in [-0.15, -0.1) is 5.10 Å². The molecule has 0 fully saturated rings. The van der Waals surface area contributed by atoms with Crippen molar-refractivity contribution in [1.82, 2.24) is 14.6 Å². The molecule has 7 heteroatoms. The quantitative estimate of drug-likeness (QED) is 0.759. The first-order chi connectivity index (χ1) is 9.97. The molecule has 3 N–H and O–H groups in total. The van der Waals surface area contributed by atoms with Gasteiger partial charge in [0.1, 0.15) is 0 Å². The predicted octanol–water partition coefficient (Wildman–Crippen LogP) is 2.64. The van der Waals surface area contributed by atoms with Crippen LogP contribution in [0.25, 0.3) is 16.8 Å². The number of aromatic carboxylic acids is 1. The van der Waals surface area contributed by atoms with Crippen molar-refractivity contribution in [2.45, 2.75) is 6.92 Å². The fraction of sp³-hybridized carbons (Fsp3) is 0.0714. The predicted molar refractivity (Wildman–Crippen MR) is 79.5 cm³/mol.